The fraction of sp³-hybridized carbons (Fsp3) is 0.250. The Morgan fingerprint density at radius 1 is 1.13 bits per heavy atom. The molecule has 0 saturated carbocycles. The molecule has 31 heavy (non-hydrogen) atoms. The van der Waals surface area contributed by atoms with Crippen LogP contribution in [0.4, 0.5) is 18.9 Å². The number of carbonyl (C=O) groups excluding carboxylic acids is 1. The maximum Gasteiger partial charge on any atom is 0.417 e. The number of hydrogen-bond donors (Lipinski definition) is 0. The summed E-state index contributed by atoms with van der Waals surface area (Å²) in [5.74, 6) is -0.0839. The van der Waals surface area contributed by atoms with Gasteiger partial charge in [0.2, 0.25) is 11.8 Å². The SMILES string of the molecule is COc1ncccc1-c1ccc(N2CCCC(c3c[c]c(C(F)(F)F)cc3)C2=O)cc1. The monoisotopic (exact) mass is 425 g/mol. The lowest BCUT2D eigenvalue weighted by Crippen LogP contribution is -2.40. The second-order valence-electron chi connectivity index (χ2n) is 7.33. The van der Waals surface area contributed by atoms with Crippen LogP contribution in [-0.2, 0) is 11.0 Å². The van der Waals surface area contributed by atoms with Crippen molar-refractivity contribution in [3.05, 3.63) is 78.0 Å². The number of pyridine rings is 1. The van der Waals surface area contributed by atoms with E-state index >= 15 is 0 Å². The first-order chi connectivity index (χ1) is 14.9. The number of methoxy groups -OCH3 is 1. The van der Waals surface area contributed by atoms with E-state index in [-0.39, 0.29) is 5.91 Å². The summed E-state index contributed by atoms with van der Waals surface area (Å²) in [6.07, 6.45) is -1.43. The number of nitrogens with zero attached hydrogens (tertiary/aromatic N) is 2. The molecule has 1 amide bonds. The van der Waals surface area contributed by atoms with Crippen LogP contribution in [0.5, 0.6) is 5.88 Å². The van der Waals surface area contributed by atoms with E-state index in [1.165, 1.54) is 12.1 Å². The molecule has 1 atom stereocenters. The van der Waals surface area contributed by atoms with Gasteiger partial charge in [-0.25, -0.2) is 4.98 Å². The number of amides is 1. The topological polar surface area (TPSA) is 42.4 Å². The van der Waals surface area contributed by atoms with E-state index in [0.29, 0.717) is 24.4 Å². The standard InChI is InChI=1S/C24H20F3N2O2/c1-31-22-20(4-2-14-28-22)16-8-12-19(13-9-16)29-15-3-5-21(23(29)30)17-6-10-18(11-7-17)24(25,26)27/h2,4,6-10,12-14,21H,3,5,15H2,1H3. The summed E-state index contributed by atoms with van der Waals surface area (Å²) in [7, 11) is 1.56. The zero-order valence-corrected chi connectivity index (χ0v) is 16.8. The van der Waals surface area contributed by atoms with Gasteiger partial charge in [-0.05, 0) is 66.4 Å². The van der Waals surface area contributed by atoms with Gasteiger partial charge in [-0.3, -0.25) is 4.79 Å². The largest absolute Gasteiger partial charge is 0.481 e. The number of anilines is 1. The molecule has 0 aliphatic carbocycles. The summed E-state index contributed by atoms with van der Waals surface area (Å²) in [6.45, 7) is 0.565. The summed E-state index contributed by atoms with van der Waals surface area (Å²) in [5, 5.41) is 0. The van der Waals surface area contributed by atoms with E-state index in [1.54, 1.807) is 18.2 Å². The summed E-state index contributed by atoms with van der Waals surface area (Å²) in [4.78, 5) is 19.0. The Morgan fingerprint density at radius 2 is 1.90 bits per heavy atom. The average Bonchev–Trinajstić information content (AvgIpc) is 2.79. The van der Waals surface area contributed by atoms with Crippen LogP contribution in [0.3, 0.4) is 0 Å². The number of rotatable bonds is 4. The summed E-state index contributed by atoms with van der Waals surface area (Å²) >= 11 is 0. The van der Waals surface area contributed by atoms with Gasteiger partial charge in [0, 0.05) is 24.0 Å². The molecule has 0 bridgehead atoms. The minimum atomic E-state index is -4.44. The van der Waals surface area contributed by atoms with Gasteiger partial charge >= 0.3 is 6.18 Å². The molecule has 1 aromatic heterocycles. The summed E-state index contributed by atoms with van der Waals surface area (Å²) in [5.41, 5.74) is 2.22. The molecule has 1 fully saturated rings. The average molecular weight is 425 g/mol. The van der Waals surface area contributed by atoms with Gasteiger partial charge in [-0.15, -0.1) is 0 Å². The predicted molar refractivity (Wildman–Crippen MR) is 111 cm³/mol. The van der Waals surface area contributed by atoms with E-state index in [2.05, 4.69) is 11.1 Å². The molecule has 4 rings (SSSR count). The number of benzene rings is 2. The van der Waals surface area contributed by atoms with Gasteiger partial charge in [0.25, 0.3) is 0 Å². The molecular weight excluding hydrogens is 405 g/mol. The van der Waals surface area contributed by atoms with Gasteiger partial charge in [0.05, 0.1) is 18.6 Å². The highest BCUT2D eigenvalue weighted by atomic mass is 19.4. The van der Waals surface area contributed by atoms with Gasteiger partial charge in [0.1, 0.15) is 0 Å². The van der Waals surface area contributed by atoms with Crippen molar-refractivity contribution >= 4 is 11.6 Å². The number of piperidine rings is 1. The van der Waals surface area contributed by atoms with E-state index < -0.39 is 17.7 Å². The second kappa shape index (κ2) is 8.41. The third kappa shape index (κ3) is 4.26. The first-order valence-corrected chi connectivity index (χ1v) is 9.88. The highest BCUT2D eigenvalue weighted by molar-refractivity contribution is 5.99. The van der Waals surface area contributed by atoms with Crippen molar-refractivity contribution in [1.82, 2.24) is 4.98 Å². The minimum Gasteiger partial charge on any atom is -0.481 e. The lowest BCUT2D eigenvalue weighted by Gasteiger charge is -2.32. The number of ether oxygens (including phenoxy) is 1. The zero-order chi connectivity index (χ0) is 22.0. The van der Waals surface area contributed by atoms with Crippen LogP contribution in [-0.4, -0.2) is 24.5 Å². The molecule has 1 aliphatic heterocycles. The van der Waals surface area contributed by atoms with Gasteiger partial charge in [0.15, 0.2) is 0 Å². The van der Waals surface area contributed by atoms with Crippen LogP contribution >= 0.6 is 0 Å². The Labute approximate surface area is 178 Å². The third-order valence-corrected chi connectivity index (χ3v) is 5.44. The summed E-state index contributed by atoms with van der Waals surface area (Å²) < 4.78 is 43.7. The molecule has 1 aliphatic rings. The van der Waals surface area contributed by atoms with Crippen LogP contribution in [0.15, 0.2) is 60.8 Å². The first-order valence-electron chi connectivity index (χ1n) is 9.88. The normalized spacial score (nSPS) is 17.0. The Bertz CT molecular complexity index is 1060. The summed E-state index contributed by atoms with van der Waals surface area (Å²) in [6, 6.07) is 17.2. The number of aromatic nitrogens is 1. The quantitative estimate of drug-likeness (QED) is 0.555. The highest BCUT2D eigenvalue weighted by Crippen LogP contribution is 2.35. The van der Waals surface area contributed by atoms with Crippen LogP contribution < -0.4 is 9.64 Å². The number of carbonyl (C=O) groups is 1. The van der Waals surface area contributed by atoms with Gasteiger partial charge in [-0.1, -0.05) is 18.2 Å². The molecule has 3 aromatic rings. The molecule has 7 heteroatoms. The van der Waals surface area contributed by atoms with Gasteiger partial charge < -0.3 is 9.64 Å². The van der Waals surface area contributed by atoms with E-state index in [9.17, 15) is 18.0 Å². The molecule has 0 spiro atoms. The third-order valence-electron chi connectivity index (χ3n) is 5.44. The van der Waals surface area contributed by atoms with Crippen molar-refractivity contribution in [1.29, 1.82) is 0 Å². The van der Waals surface area contributed by atoms with E-state index in [4.69, 9.17) is 4.74 Å². The molecule has 1 saturated heterocycles. The molecular formula is C24H20F3N2O2. The van der Waals surface area contributed by atoms with Crippen molar-refractivity contribution in [3.8, 4) is 17.0 Å². The number of hydrogen-bond acceptors (Lipinski definition) is 3. The van der Waals surface area contributed by atoms with Crippen molar-refractivity contribution in [2.45, 2.75) is 24.9 Å². The lowest BCUT2D eigenvalue weighted by atomic mass is 9.89. The lowest BCUT2D eigenvalue weighted by molar-refractivity contribution is -0.137. The van der Waals surface area contributed by atoms with Crippen LogP contribution in [0, 0.1) is 6.07 Å². The number of alkyl halides is 3. The number of halogens is 3. The predicted octanol–water partition coefficient (Wildman–Crippen LogP) is 5.49. The van der Waals surface area contributed by atoms with Crippen molar-refractivity contribution in [2.75, 3.05) is 18.6 Å². The van der Waals surface area contributed by atoms with Crippen LogP contribution in [0.1, 0.15) is 29.9 Å². The van der Waals surface area contributed by atoms with Crippen LogP contribution in [0.2, 0.25) is 0 Å². The van der Waals surface area contributed by atoms with Crippen molar-refractivity contribution < 1.29 is 22.7 Å². The Balaban J connectivity index is 1.55. The first kappa shape index (κ1) is 20.9. The van der Waals surface area contributed by atoms with E-state index in [1.807, 2.05) is 36.4 Å². The maximum atomic E-state index is 13.1. The molecule has 1 radical (unpaired) electrons. The van der Waals surface area contributed by atoms with Crippen LogP contribution in [0.25, 0.3) is 11.1 Å². The highest BCUT2D eigenvalue weighted by Gasteiger charge is 2.33. The maximum absolute atomic E-state index is 13.1. The molecule has 0 N–H and O–H groups in total. The fourth-order valence-corrected chi connectivity index (χ4v) is 3.86. The van der Waals surface area contributed by atoms with Crippen molar-refractivity contribution in [3.63, 3.8) is 0 Å². The Kier molecular flexibility index (Phi) is 5.67. The van der Waals surface area contributed by atoms with Crippen molar-refractivity contribution in [2.24, 2.45) is 0 Å². The molecule has 159 valence electrons. The fourth-order valence-electron chi connectivity index (χ4n) is 3.86. The Hall–Kier alpha value is -3.35. The minimum absolute atomic E-state index is 0.119. The second-order valence-corrected chi connectivity index (χ2v) is 7.33. The smallest absolute Gasteiger partial charge is 0.417 e. The molecule has 4 nitrogen and oxygen atoms in total. The molecule has 1 unspecified atom stereocenters. The zero-order valence-electron chi connectivity index (χ0n) is 16.8. The molecule has 2 heterocycles. The Morgan fingerprint density at radius 3 is 2.55 bits per heavy atom. The molecule has 2 aromatic carbocycles. The van der Waals surface area contributed by atoms with E-state index in [0.717, 1.165) is 29.3 Å². The van der Waals surface area contributed by atoms with Gasteiger partial charge in [-0.2, -0.15) is 13.2 Å².